The highest BCUT2D eigenvalue weighted by atomic mass is 32.2. The standard InChI is InChI=1S/C24H28N4O3S/c1-16-4-6-20-19(9-16)21(26-13-24(25)14-31-15-24)11-23(27-20)28-7-8-32(29,30)22-10-17(2)3-5-18(22)12-28/h3-6,9-11H,7-8,12-15,25H2,1-2H3,(H,26,27). The minimum Gasteiger partial charge on any atom is -0.382 e. The van der Waals surface area contributed by atoms with Crippen molar-refractivity contribution in [3.63, 3.8) is 0 Å². The van der Waals surface area contributed by atoms with Gasteiger partial charge in [-0.1, -0.05) is 23.8 Å². The minimum absolute atomic E-state index is 0.0586. The van der Waals surface area contributed by atoms with Crippen molar-refractivity contribution < 1.29 is 13.2 Å². The fourth-order valence-electron chi connectivity index (χ4n) is 4.27. The van der Waals surface area contributed by atoms with Crippen LogP contribution in [0, 0.1) is 13.8 Å². The van der Waals surface area contributed by atoms with Crippen LogP contribution in [0.2, 0.25) is 0 Å². The first-order chi connectivity index (χ1) is 15.2. The highest BCUT2D eigenvalue weighted by Gasteiger charge is 2.34. The fourth-order valence-corrected chi connectivity index (χ4v) is 5.85. The highest BCUT2D eigenvalue weighted by molar-refractivity contribution is 7.91. The summed E-state index contributed by atoms with van der Waals surface area (Å²) >= 11 is 0. The van der Waals surface area contributed by atoms with Crippen LogP contribution in [0.15, 0.2) is 47.4 Å². The Kier molecular flexibility index (Phi) is 5.11. The molecule has 0 saturated carbocycles. The van der Waals surface area contributed by atoms with Gasteiger partial charge in [0.1, 0.15) is 5.82 Å². The quantitative estimate of drug-likeness (QED) is 0.628. The van der Waals surface area contributed by atoms with E-state index in [9.17, 15) is 8.42 Å². The number of nitrogens with one attached hydrogen (secondary N) is 1. The first-order valence-corrected chi connectivity index (χ1v) is 12.5. The molecule has 0 spiro atoms. The number of nitrogens with zero attached hydrogens (tertiary/aromatic N) is 2. The van der Waals surface area contributed by atoms with Crippen molar-refractivity contribution in [3.05, 3.63) is 59.2 Å². The maximum atomic E-state index is 12.9. The molecule has 0 atom stereocenters. The molecule has 1 fully saturated rings. The average molecular weight is 453 g/mol. The predicted molar refractivity (Wildman–Crippen MR) is 127 cm³/mol. The molecular weight excluding hydrogens is 424 g/mol. The van der Waals surface area contributed by atoms with Gasteiger partial charge in [-0.3, -0.25) is 0 Å². The van der Waals surface area contributed by atoms with E-state index in [-0.39, 0.29) is 11.3 Å². The molecule has 168 valence electrons. The lowest BCUT2D eigenvalue weighted by Gasteiger charge is -2.38. The molecule has 1 saturated heterocycles. The van der Waals surface area contributed by atoms with Crippen LogP contribution in [0.3, 0.4) is 0 Å². The largest absolute Gasteiger partial charge is 0.382 e. The number of hydrogen-bond acceptors (Lipinski definition) is 7. The van der Waals surface area contributed by atoms with E-state index < -0.39 is 9.84 Å². The Morgan fingerprint density at radius 3 is 2.62 bits per heavy atom. The van der Waals surface area contributed by atoms with E-state index in [1.165, 1.54) is 0 Å². The minimum atomic E-state index is -3.34. The number of rotatable bonds is 4. The summed E-state index contributed by atoms with van der Waals surface area (Å²) in [4.78, 5) is 7.38. The molecule has 1 aromatic heterocycles. The van der Waals surface area contributed by atoms with E-state index >= 15 is 0 Å². The van der Waals surface area contributed by atoms with Crippen molar-refractivity contribution in [2.24, 2.45) is 5.73 Å². The number of aromatic nitrogens is 1. The number of nitrogens with two attached hydrogens (primary N) is 1. The number of aryl methyl sites for hydroxylation is 2. The molecule has 32 heavy (non-hydrogen) atoms. The Morgan fingerprint density at radius 1 is 1.12 bits per heavy atom. The molecule has 2 aromatic carbocycles. The van der Waals surface area contributed by atoms with Crippen LogP contribution < -0.4 is 16.0 Å². The van der Waals surface area contributed by atoms with Gasteiger partial charge in [0.15, 0.2) is 9.84 Å². The summed E-state index contributed by atoms with van der Waals surface area (Å²) in [6.07, 6.45) is 0. The third-order valence-corrected chi connectivity index (χ3v) is 8.00. The van der Waals surface area contributed by atoms with Gasteiger partial charge in [-0.15, -0.1) is 0 Å². The number of ether oxygens (including phenoxy) is 1. The lowest BCUT2D eigenvalue weighted by atomic mass is 9.99. The van der Waals surface area contributed by atoms with Gasteiger partial charge in [0.05, 0.1) is 34.9 Å². The van der Waals surface area contributed by atoms with Crippen molar-refractivity contribution in [3.8, 4) is 0 Å². The number of benzene rings is 2. The summed E-state index contributed by atoms with van der Waals surface area (Å²) in [5, 5.41) is 4.53. The molecule has 2 aliphatic rings. The first-order valence-electron chi connectivity index (χ1n) is 10.8. The van der Waals surface area contributed by atoms with Gasteiger partial charge in [0.25, 0.3) is 0 Å². The molecule has 7 nitrogen and oxygen atoms in total. The van der Waals surface area contributed by atoms with Gasteiger partial charge >= 0.3 is 0 Å². The monoisotopic (exact) mass is 452 g/mol. The van der Waals surface area contributed by atoms with E-state index in [1.54, 1.807) is 6.07 Å². The summed E-state index contributed by atoms with van der Waals surface area (Å²) < 4.78 is 31.1. The van der Waals surface area contributed by atoms with Crippen molar-refractivity contribution in [1.29, 1.82) is 0 Å². The molecule has 0 aliphatic carbocycles. The first kappa shape index (κ1) is 21.2. The van der Waals surface area contributed by atoms with Gasteiger partial charge in [-0.2, -0.15) is 0 Å². The molecule has 8 heteroatoms. The van der Waals surface area contributed by atoms with Gasteiger partial charge in [-0.05, 0) is 43.2 Å². The molecular formula is C24H28N4O3S. The average Bonchev–Trinajstić information content (AvgIpc) is 2.87. The topological polar surface area (TPSA) is 97.6 Å². The van der Waals surface area contributed by atoms with E-state index in [4.69, 9.17) is 15.5 Å². The summed E-state index contributed by atoms with van der Waals surface area (Å²) in [6.45, 7) is 6.52. The van der Waals surface area contributed by atoms with Crippen LogP contribution in [-0.4, -0.2) is 51.0 Å². The summed E-state index contributed by atoms with van der Waals surface area (Å²) in [5.74, 6) is 0.812. The normalized spacial score (nSPS) is 19.2. The fraction of sp³-hybridized carbons (Fsp3) is 0.375. The van der Waals surface area contributed by atoms with Crippen LogP contribution in [0.1, 0.15) is 16.7 Å². The van der Waals surface area contributed by atoms with Crippen LogP contribution in [-0.2, 0) is 21.1 Å². The second kappa shape index (κ2) is 7.72. The molecule has 0 amide bonds. The Balaban J connectivity index is 1.55. The van der Waals surface area contributed by atoms with Gasteiger partial charge in [0, 0.05) is 36.8 Å². The lowest BCUT2D eigenvalue weighted by molar-refractivity contribution is -0.0461. The molecule has 3 aromatic rings. The summed E-state index contributed by atoms with van der Waals surface area (Å²) in [6, 6.07) is 13.8. The Labute approximate surface area is 188 Å². The van der Waals surface area contributed by atoms with E-state index in [1.807, 2.05) is 42.2 Å². The maximum Gasteiger partial charge on any atom is 0.180 e. The molecule has 0 bridgehead atoms. The van der Waals surface area contributed by atoms with Gasteiger partial charge in [-0.25, -0.2) is 13.4 Å². The predicted octanol–water partition coefficient (Wildman–Crippen LogP) is 2.79. The third kappa shape index (κ3) is 3.94. The zero-order chi connectivity index (χ0) is 22.5. The van der Waals surface area contributed by atoms with Crippen LogP contribution in [0.25, 0.3) is 10.9 Å². The van der Waals surface area contributed by atoms with E-state index in [0.29, 0.717) is 37.7 Å². The van der Waals surface area contributed by atoms with Crippen LogP contribution >= 0.6 is 0 Å². The van der Waals surface area contributed by atoms with E-state index in [0.717, 1.165) is 39.1 Å². The summed E-state index contributed by atoms with van der Waals surface area (Å²) in [7, 11) is -3.34. The van der Waals surface area contributed by atoms with Crippen molar-refractivity contribution in [1.82, 2.24) is 4.98 Å². The SMILES string of the molecule is Cc1ccc2c(c1)S(=O)(=O)CCN(c1cc(NCC3(N)COC3)c3cc(C)ccc3n1)C2. The zero-order valence-corrected chi connectivity index (χ0v) is 19.2. The van der Waals surface area contributed by atoms with Crippen molar-refractivity contribution in [2.45, 2.75) is 30.8 Å². The Hall–Kier alpha value is -2.68. The molecule has 0 radical (unpaired) electrons. The van der Waals surface area contributed by atoms with Gasteiger partial charge in [0.2, 0.25) is 0 Å². The Bertz CT molecular complexity index is 1300. The molecule has 0 unspecified atom stereocenters. The number of anilines is 2. The highest BCUT2D eigenvalue weighted by Crippen LogP contribution is 2.32. The van der Waals surface area contributed by atoms with Crippen molar-refractivity contribution in [2.75, 3.05) is 42.3 Å². The molecule has 5 rings (SSSR count). The van der Waals surface area contributed by atoms with Gasteiger partial charge < -0.3 is 20.7 Å². The molecule has 3 heterocycles. The number of hydrogen-bond donors (Lipinski definition) is 2. The number of sulfone groups is 1. The molecule has 2 aliphatic heterocycles. The Morgan fingerprint density at radius 2 is 1.88 bits per heavy atom. The lowest BCUT2D eigenvalue weighted by Crippen LogP contribution is -2.61. The van der Waals surface area contributed by atoms with E-state index in [2.05, 4.69) is 18.3 Å². The van der Waals surface area contributed by atoms with Crippen LogP contribution in [0.4, 0.5) is 11.5 Å². The second-order valence-corrected chi connectivity index (χ2v) is 11.2. The van der Waals surface area contributed by atoms with Crippen LogP contribution in [0.5, 0.6) is 0 Å². The third-order valence-electron chi connectivity index (χ3n) is 6.23. The number of pyridine rings is 1. The smallest absolute Gasteiger partial charge is 0.180 e. The zero-order valence-electron chi connectivity index (χ0n) is 18.4. The summed E-state index contributed by atoms with van der Waals surface area (Å²) in [5.41, 5.74) is 10.7. The maximum absolute atomic E-state index is 12.9. The van der Waals surface area contributed by atoms with Crippen molar-refractivity contribution >= 4 is 32.2 Å². The molecule has 3 N–H and O–H groups in total. The number of fused-ring (bicyclic) bond motifs is 2. The second-order valence-electron chi connectivity index (χ2n) is 9.11.